The Morgan fingerprint density at radius 2 is 1.93 bits per heavy atom. The van der Waals surface area contributed by atoms with Crippen LogP contribution in [0.15, 0.2) is 12.3 Å². The average Bonchev–Trinajstić information content (AvgIpc) is 2.64. The minimum atomic E-state index is -0.749. The maximum atomic E-state index is 14.7. The highest BCUT2D eigenvalue weighted by Gasteiger charge is 2.30. The van der Waals surface area contributed by atoms with Gasteiger partial charge in [-0.3, -0.25) is 10.1 Å². The Morgan fingerprint density at radius 3 is 2.43 bits per heavy atom. The second-order valence-corrected chi connectivity index (χ2v) is 8.54. The molecule has 9 nitrogen and oxygen atoms in total. The Morgan fingerprint density at radius 1 is 1.33 bits per heavy atom. The van der Waals surface area contributed by atoms with Crippen LogP contribution in [-0.2, 0) is 4.74 Å². The van der Waals surface area contributed by atoms with E-state index in [-0.39, 0.29) is 29.3 Å². The predicted octanol–water partition coefficient (Wildman–Crippen LogP) is 3.50. The molecule has 1 aromatic heterocycles. The van der Waals surface area contributed by atoms with Crippen LogP contribution < -0.4 is 4.90 Å². The highest BCUT2D eigenvalue weighted by Crippen LogP contribution is 2.29. The van der Waals surface area contributed by atoms with Crippen molar-refractivity contribution >= 4 is 23.7 Å². The smallest absolute Gasteiger partial charge is 0.410 e. The topological polar surface area (TPSA) is 92.1 Å². The van der Waals surface area contributed by atoms with Crippen LogP contribution in [0, 0.1) is 15.9 Å². The first kappa shape index (κ1) is 23.4. The number of amides is 1. The lowest BCUT2D eigenvalue weighted by Crippen LogP contribution is -2.47. The Hall–Kier alpha value is -2.91. The Labute approximate surface area is 176 Å². The van der Waals surface area contributed by atoms with Crippen LogP contribution in [0.4, 0.5) is 20.7 Å². The second-order valence-electron chi connectivity index (χ2n) is 8.54. The number of aromatic nitrogens is 1. The number of nitro groups is 1. The number of nitrogens with zero attached hydrogens (tertiary/aromatic N) is 5. The fraction of sp³-hybridized carbons (Fsp3) is 0.600. The SMILES string of the molecule is CN(C)C=Cc1nc(N(C)C2CCN(C(=O)OC(C)(C)C)CC2)c(F)cc1[N+](=O)[O-]. The van der Waals surface area contributed by atoms with E-state index < -0.39 is 16.3 Å². The van der Waals surface area contributed by atoms with Crippen molar-refractivity contribution in [1.82, 2.24) is 14.8 Å². The summed E-state index contributed by atoms with van der Waals surface area (Å²) in [6.07, 6.45) is 3.96. The number of anilines is 1. The van der Waals surface area contributed by atoms with E-state index in [4.69, 9.17) is 4.74 Å². The first-order valence-electron chi connectivity index (χ1n) is 9.79. The summed E-state index contributed by atoms with van der Waals surface area (Å²) in [5.41, 5.74) is -0.863. The van der Waals surface area contributed by atoms with E-state index in [9.17, 15) is 19.3 Å². The molecule has 1 aromatic rings. The number of rotatable bonds is 5. The molecular formula is C20H30FN5O4. The number of halogens is 1. The molecule has 0 radical (unpaired) electrons. The number of piperidine rings is 1. The quantitative estimate of drug-likeness (QED) is 0.529. The van der Waals surface area contributed by atoms with E-state index in [1.807, 2.05) is 20.8 Å². The molecule has 0 unspecified atom stereocenters. The van der Waals surface area contributed by atoms with Gasteiger partial charge in [-0.15, -0.1) is 0 Å². The van der Waals surface area contributed by atoms with Crippen molar-refractivity contribution in [3.63, 3.8) is 0 Å². The first-order valence-corrected chi connectivity index (χ1v) is 9.79. The van der Waals surface area contributed by atoms with Crippen LogP contribution in [0.3, 0.4) is 0 Å². The second kappa shape index (κ2) is 9.27. The molecule has 0 atom stereocenters. The van der Waals surface area contributed by atoms with Crippen LogP contribution in [-0.4, -0.2) is 71.7 Å². The zero-order valence-electron chi connectivity index (χ0n) is 18.4. The van der Waals surface area contributed by atoms with Gasteiger partial charge in [-0.25, -0.2) is 14.2 Å². The van der Waals surface area contributed by atoms with Crippen LogP contribution in [0.25, 0.3) is 6.08 Å². The fourth-order valence-corrected chi connectivity index (χ4v) is 3.15. The normalized spacial score (nSPS) is 15.4. The van der Waals surface area contributed by atoms with Gasteiger partial charge in [0, 0.05) is 46.5 Å². The van der Waals surface area contributed by atoms with Gasteiger partial charge in [-0.1, -0.05) is 0 Å². The minimum absolute atomic E-state index is 0.0507. The van der Waals surface area contributed by atoms with Gasteiger partial charge in [-0.05, 0) is 39.7 Å². The molecule has 0 saturated carbocycles. The van der Waals surface area contributed by atoms with Crippen molar-refractivity contribution in [2.24, 2.45) is 0 Å². The summed E-state index contributed by atoms with van der Waals surface area (Å²) in [5.74, 6) is -0.699. The van der Waals surface area contributed by atoms with E-state index >= 15 is 0 Å². The molecule has 1 aliphatic rings. The average molecular weight is 423 g/mol. The lowest BCUT2D eigenvalue weighted by molar-refractivity contribution is -0.385. The molecule has 2 rings (SSSR count). The van der Waals surface area contributed by atoms with E-state index in [0.29, 0.717) is 25.9 Å². The van der Waals surface area contributed by atoms with Crippen molar-refractivity contribution in [3.05, 3.63) is 33.9 Å². The van der Waals surface area contributed by atoms with Gasteiger partial charge < -0.3 is 19.4 Å². The molecule has 0 N–H and O–H groups in total. The number of hydrogen-bond acceptors (Lipinski definition) is 7. The van der Waals surface area contributed by atoms with E-state index in [0.717, 1.165) is 6.07 Å². The maximum Gasteiger partial charge on any atom is 0.410 e. The molecule has 1 saturated heterocycles. The van der Waals surface area contributed by atoms with E-state index in [1.165, 1.54) is 6.08 Å². The highest BCUT2D eigenvalue weighted by molar-refractivity contribution is 5.68. The fourth-order valence-electron chi connectivity index (χ4n) is 3.15. The van der Waals surface area contributed by atoms with Gasteiger partial charge in [0.15, 0.2) is 11.6 Å². The van der Waals surface area contributed by atoms with Crippen molar-refractivity contribution in [3.8, 4) is 0 Å². The molecule has 166 valence electrons. The molecule has 10 heteroatoms. The van der Waals surface area contributed by atoms with Crippen LogP contribution >= 0.6 is 0 Å². The lowest BCUT2D eigenvalue weighted by atomic mass is 10.0. The summed E-state index contributed by atoms with van der Waals surface area (Å²) in [6, 6.07) is 0.849. The first-order chi connectivity index (χ1) is 13.9. The van der Waals surface area contributed by atoms with Crippen LogP contribution in [0.5, 0.6) is 0 Å². The molecule has 1 amide bonds. The maximum absolute atomic E-state index is 14.7. The van der Waals surface area contributed by atoms with E-state index in [2.05, 4.69) is 4.98 Å². The third kappa shape index (κ3) is 6.04. The van der Waals surface area contributed by atoms with Crippen molar-refractivity contribution in [2.75, 3.05) is 39.1 Å². The number of carbonyl (C=O) groups excluding carboxylic acids is 1. The van der Waals surface area contributed by atoms with Crippen molar-refractivity contribution in [1.29, 1.82) is 0 Å². The van der Waals surface area contributed by atoms with Crippen molar-refractivity contribution in [2.45, 2.75) is 45.3 Å². The Balaban J connectivity index is 2.17. The monoisotopic (exact) mass is 423 g/mol. The zero-order valence-corrected chi connectivity index (χ0v) is 18.4. The summed E-state index contributed by atoms with van der Waals surface area (Å²) >= 11 is 0. The predicted molar refractivity (Wildman–Crippen MR) is 113 cm³/mol. The number of carbonyl (C=O) groups is 1. The third-order valence-corrected chi connectivity index (χ3v) is 4.69. The molecule has 1 aliphatic heterocycles. The molecule has 30 heavy (non-hydrogen) atoms. The molecular weight excluding hydrogens is 393 g/mol. The van der Waals surface area contributed by atoms with Gasteiger partial charge in [0.1, 0.15) is 11.3 Å². The molecule has 0 aliphatic carbocycles. The molecule has 1 fully saturated rings. The molecule has 0 aromatic carbocycles. The van der Waals surface area contributed by atoms with Gasteiger partial charge in [0.2, 0.25) is 0 Å². The number of hydrogen-bond donors (Lipinski definition) is 0. The van der Waals surface area contributed by atoms with Gasteiger partial charge in [0.25, 0.3) is 5.69 Å². The summed E-state index contributed by atoms with van der Waals surface area (Å²) in [5, 5.41) is 11.3. The van der Waals surface area contributed by atoms with Crippen molar-refractivity contribution < 1.29 is 18.8 Å². The van der Waals surface area contributed by atoms with Gasteiger partial charge in [0.05, 0.1) is 11.0 Å². The highest BCUT2D eigenvalue weighted by atomic mass is 19.1. The zero-order chi connectivity index (χ0) is 22.6. The summed E-state index contributed by atoms with van der Waals surface area (Å²) in [6.45, 7) is 6.40. The largest absolute Gasteiger partial charge is 0.444 e. The number of pyridine rings is 1. The standard InChI is InChI=1S/C20H30FN5O4/c1-20(2,3)30-19(27)25-11-7-14(8-12-25)24(6)18-15(21)13-17(26(28)29)16(22-18)9-10-23(4)5/h9-10,13-14H,7-8,11-12H2,1-6H3. The summed E-state index contributed by atoms with van der Waals surface area (Å²) in [7, 11) is 5.26. The van der Waals surface area contributed by atoms with Gasteiger partial charge in [-0.2, -0.15) is 0 Å². The van der Waals surface area contributed by atoms with E-state index in [1.54, 1.807) is 42.0 Å². The Kier molecular flexibility index (Phi) is 7.22. The van der Waals surface area contributed by atoms with Crippen LogP contribution in [0.1, 0.15) is 39.3 Å². The number of ether oxygens (including phenoxy) is 1. The molecule has 2 heterocycles. The number of likely N-dealkylation sites (tertiary alicyclic amines) is 1. The third-order valence-electron chi connectivity index (χ3n) is 4.69. The van der Waals surface area contributed by atoms with Crippen LogP contribution in [0.2, 0.25) is 0 Å². The summed E-state index contributed by atoms with van der Waals surface area (Å²) in [4.78, 5) is 32.2. The lowest BCUT2D eigenvalue weighted by Gasteiger charge is -2.37. The molecule has 0 bridgehead atoms. The Bertz CT molecular complexity index is 814. The summed E-state index contributed by atoms with van der Waals surface area (Å²) < 4.78 is 20.1. The molecule has 0 spiro atoms. The van der Waals surface area contributed by atoms with Gasteiger partial charge >= 0.3 is 6.09 Å². The minimum Gasteiger partial charge on any atom is -0.444 e.